The number of unbranched alkanes of at least 4 members (excludes halogenated alkanes) is 3. The van der Waals surface area contributed by atoms with Gasteiger partial charge in [-0.05, 0) is 55.7 Å². The van der Waals surface area contributed by atoms with E-state index in [0.717, 1.165) is 54.8 Å². The summed E-state index contributed by atoms with van der Waals surface area (Å²) in [5.41, 5.74) is 5.63. The molecule has 0 fully saturated rings. The first-order valence-electron chi connectivity index (χ1n) is 12.6. The Hall–Kier alpha value is -3.04. The highest BCUT2D eigenvalue weighted by atomic mass is 16.5. The zero-order valence-electron chi connectivity index (χ0n) is 20.7. The summed E-state index contributed by atoms with van der Waals surface area (Å²) in [5, 5.41) is 0. The van der Waals surface area contributed by atoms with Crippen molar-refractivity contribution in [2.75, 3.05) is 6.61 Å². The van der Waals surface area contributed by atoms with Gasteiger partial charge < -0.3 is 4.74 Å². The minimum atomic E-state index is 0.354. The van der Waals surface area contributed by atoms with Gasteiger partial charge >= 0.3 is 0 Å². The first-order valence-corrected chi connectivity index (χ1v) is 12.6. The van der Waals surface area contributed by atoms with Gasteiger partial charge in [-0.3, -0.25) is 0 Å². The van der Waals surface area contributed by atoms with Crippen molar-refractivity contribution < 1.29 is 4.74 Å². The number of aromatic nitrogens is 2. The van der Waals surface area contributed by atoms with E-state index < -0.39 is 0 Å². The van der Waals surface area contributed by atoms with Gasteiger partial charge in [0.25, 0.3) is 0 Å². The maximum absolute atomic E-state index is 5.87. The largest absolute Gasteiger partial charge is 0.379 e. The van der Waals surface area contributed by atoms with E-state index in [1.54, 1.807) is 0 Å². The third-order valence-corrected chi connectivity index (χ3v) is 5.93. The Morgan fingerprint density at radius 2 is 1.59 bits per heavy atom. The van der Waals surface area contributed by atoms with Gasteiger partial charge in [0.15, 0.2) is 5.82 Å². The molecule has 1 heterocycles. The minimum absolute atomic E-state index is 0.354. The van der Waals surface area contributed by atoms with Crippen molar-refractivity contribution >= 4 is 6.08 Å². The molecule has 1 aromatic heterocycles. The van der Waals surface area contributed by atoms with Crippen LogP contribution in [0, 0.1) is 0 Å². The van der Waals surface area contributed by atoms with Crippen LogP contribution in [-0.2, 0) is 11.2 Å². The van der Waals surface area contributed by atoms with E-state index in [9.17, 15) is 0 Å². The van der Waals surface area contributed by atoms with Gasteiger partial charge in [0.2, 0.25) is 0 Å². The molecular weight excluding hydrogens is 416 g/mol. The van der Waals surface area contributed by atoms with Gasteiger partial charge in [-0.25, -0.2) is 9.97 Å². The molecule has 178 valence electrons. The highest BCUT2D eigenvalue weighted by molar-refractivity contribution is 5.65. The molecule has 0 aliphatic carbocycles. The standard InChI is InChI=1S/C31H38N2O/c1-4-6-10-22-34-25(3)12-8-7-9-13-27-16-20-29(21-17-27)31-32-23-30(24-33-31)28-18-14-26(11-5-2)15-19-28/h5,9,13-21,23-25H,2,4,6-8,10-12,22H2,1,3H3. The Labute approximate surface area is 205 Å². The first-order chi connectivity index (χ1) is 16.7. The van der Waals surface area contributed by atoms with Gasteiger partial charge in [0.05, 0.1) is 6.10 Å². The second-order valence-electron chi connectivity index (χ2n) is 8.83. The van der Waals surface area contributed by atoms with E-state index in [0.29, 0.717) is 6.10 Å². The third-order valence-electron chi connectivity index (χ3n) is 5.93. The summed E-state index contributed by atoms with van der Waals surface area (Å²) in [6.45, 7) is 9.09. The number of allylic oxidation sites excluding steroid dienone is 2. The zero-order chi connectivity index (χ0) is 24.0. The summed E-state index contributed by atoms with van der Waals surface area (Å²) < 4.78 is 5.87. The van der Waals surface area contributed by atoms with Crippen LogP contribution in [0.2, 0.25) is 0 Å². The van der Waals surface area contributed by atoms with Crippen molar-refractivity contribution in [3.63, 3.8) is 0 Å². The first kappa shape index (κ1) is 25.6. The molecule has 0 saturated heterocycles. The summed E-state index contributed by atoms with van der Waals surface area (Å²) in [7, 11) is 0. The molecule has 0 amide bonds. The zero-order valence-corrected chi connectivity index (χ0v) is 20.7. The number of nitrogens with zero attached hydrogens (tertiary/aromatic N) is 2. The molecule has 0 aliphatic heterocycles. The lowest BCUT2D eigenvalue weighted by Crippen LogP contribution is -2.08. The van der Waals surface area contributed by atoms with Crippen molar-refractivity contribution in [2.45, 2.75) is 64.9 Å². The summed E-state index contributed by atoms with van der Waals surface area (Å²) in [6, 6.07) is 16.9. The Bertz CT molecular complexity index is 1000. The Morgan fingerprint density at radius 3 is 2.26 bits per heavy atom. The average molecular weight is 455 g/mol. The van der Waals surface area contributed by atoms with Gasteiger partial charge in [-0.2, -0.15) is 0 Å². The highest BCUT2D eigenvalue weighted by Gasteiger charge is 2.04. The molecule has 0 spiro atoms. The summed E-state index contributed by atoms with van der Waals surface area (Å²) >= 11 is 0. The van der Waals surface area contributed by atoms with E-state index in [1.165, 1.54) is 30.4 Å². The molecule has 0 bridgehead atoms. The van der Waals surface area contributed by atoms with Crippen molar-refractivity contribution in [3.8, 4) is 22.5 Å². The van der Waals surface area contributed by atoms with Crippen LogP contribution in [0.3, 0.4) is 0 Å². The monoisotopic (exact) mass is 454 g/mol. The molecule has 0 saturated carbocycles. The topological polar surface area (TPSA) is 35.0 Å². The van der Waals surface area contributed by atoms with E-state index >= 15 is 0 Å². The maximum atomic E-state index is 5.87. The fourth-order valence-electron chi connectivity index (χ4n) is 3.83. The van der Waals surface area contributed by atoms with Crippen molar-refractivity contribution in [2.24, 2.45) is 0 Å². The molecule has 34 heavy (non-hydrogen) atoms. The molecule has 3 aromatic rings. The van der Waals surface area contributed by atoms with Gasteiger partial charge in [-0.1, -0.05) is 86.5 Å². The van der Waals surface area contributed by atoms with Crippen molar-refractivity contribution in [1.29, 1.82) is 0 Å². The van der Waals surface area contributed by atoms with Crippen LogP contribution >= 0.6 is 0 Å². The van der Waals surface area contributed by atoms with Crippen molar-refractivity contribution in [1.82, 2.24) is 9.97 Å². The summed E-state index contributed by atoms with van der Waals surface area (Å²) in [5.74, 6) is 0.746. The molecular formula is C31H38N2O. The number of hydrogen-bond acceptors (Lipinski definition) is 3. The predicted octanol–water partition coefficient (Wildman–Crippen LogP) is 8.32. The van der Waals surface area contributed by atoms with Crippen LogP contribution < -0.4 is 0 Å². The van der Waals surface area contributed by atoms with Gasteiger partial charge in [-0.15, -0.1) is 6.58 Å². The lowest BCUT2D eigenvalue weighted by Gasteiger charge is -2.11. The number of hydrogen-bond donors (Lipinski definition) is 0. The smallest absolute Gasteiger partial charge is 0.159 e. The normalized spacial score (nSPS) is 12.2. The van der Waals surface area contributed by atoms with Gasteiger partial charge in [0.1, 0.15) is 0 Å². The Kier molecular flexibility index (Phi) is 10.7. The van der Waals surface area contributed by atoms with Crippen molar-refractivity contribution in [3.05, 3.63) is 90.8 Å². The fourth-order valence-corrected chi connectivity index (χ4v) is 3.83. The predicted molar refractivity (Wildman–Crippen MR) is 145 cm³/mol. The second-order valence-corrected chi connectivity index (χ2v) is 8.83. The van der Waals surface area contributed by atoms with E-state index in [2.05, 4.69) is 91.1 Å². The van der Waals surface area contributed by atoms with Gasteiger partial charge in [0, 0.05) is 30.1 Å². The molecule has 1 atom stereocenters. The van der Waals surface area contributed by atoms with E-state index in [-0.39, 0.29) is 0 Å². The number of ether oxygens (including phenoxy) is 1. The van der Waals surface area contributed by atoms with Crippen LogP contribution in [0.15, 0.2) is 79.7 Å². The van der Waals surface area contributed by atoms with Crippen LogP contribution in [0.1, 0.15) is 63.5 Å². The number of rotatable bonds is 14. The third kappa shape index (κ3) is 8.39. The molecule has 3 heteroatoms. The fraction of sp³-hybridized carbons (Fsp3) is 0.355. The Morgan fingerprint density at radius 1 is 0.882 bits per heavy atom. The number of benzene rings is 2. The van der Waals surface area contributed by atoms with Crippen LogP contribution in [0.4, 0.5) is 0 Å². The lowest BCUT2D eigenvalue weighted by molar-refractivity contribution is 0.0566. The molecule has 0 radical (unpaired) electrons. The maximum Gasteiger partial charge on any atom is 0.159 e. The lowest BCUT2D eigenvalue weighted by atomic mass is 10.1. The van der Waals surface area contributed by atoms with Crippen LogP contribution in [0.5, 0.6) is 0 Å². The SMILES string of the molecule is C=CCc1ccc(-c2cnc(-c3ccc(C=CCCCC(C)OCCCCC)cc3)nc2)cc1. The van der Waals surface area contributed by atoms with Crippen LogP contribution in [0.25, 0.3) is 28.6 Å². The molecule has 3 nitrogen and oxygen atoms in total. The molecule has 0 N–H and O–H groups in total. The summed E-state index contributed by atoms with van der Waals surface area (Å²) in [6.07, 6.45) is 18.4. The van der Waals surface area contributed by atoms with E-state index in [4.69, 9.17) is 4.74 Å². The molecule has 1 unspecified atom stereocenters. The van der Waals surface area contributed by atoms with E-state index in [1.807, 2.05) is 18.5 Å². The molecule has 2 aromatic carbocycles. The average Bonchev–Trinajstić information content (AvgIpc) is 2.88. The summed E-state index contributed by atoms with van der Waals surface area (Å²) in [4.78, 5) is 9.18. The quantitative estimate of drug-likeness (QED) is 0.181. The Balaban J connectivity index is 1.46. The minimum Gasteiger partial charge on any atom is -0.379 e. The van der Waals surface area contributed by atoms with Crippen LogP contribution in [-0.4, -0.2) is 22.7 Å². The highest BCUT2D eigenvalue weighted by Crippen LogP contribution is 2.22. The second kappa shape index (κ2) is 14.3. The molecule has 3 rings (SSSR count). The molecule has 0 aliphatic rings.